The molecule has 2 rings (SSSR count). The van der Waals surface area contributed by atoms with E-state index in [1.54, 1.807) is 0 Å². The Morgan fingerprint density at radius 3 is 2.39 bits per heavy atom. The van der Waals surface area contributed by atoms with Crippen LogP contribution in [0.25, 0.3) is 0 Å². The van der Waals surface area contributed by atoms with Gasteiger partial charge in [-0.05, 0) is 17.3 Å². The number of carbonyl (C=O) groups excluding carboxylic acids is 2. The van der Waals surface area contributed by atoms with Gasteiger partial charge in [-0.1, -0.05) is 51.1 Å². The Bertz CT molecular complexity index is 639. The molecule has 0 bridgehead atoms. The van der Waals surface area contributed by atoms with E-state index < -0.39 is 10.3 Å². The van der Waals surface area contributed by atoms with E-state index in [9.17, 15) is 9.59 Å². The lowest BCUT2D eigenvalue weighted by Crippen LogP contribution is -2.50. The van der Waals surface area contributed by atoms with Crippen LogP contribution < -0.4 is 11.1 Å². The number of hydrogen-bond acceptors (Lipinski definition) is 5. The first-order valence-corrected chi connectivity index (χ1v) is 8.18. The minimum atomic E-state index is -0.858. The van der Waals surface area contributed by atoms with E-state index in [0.717, 1.165) is 5.56 Å². The third kappa shape index (κ3) is 3.40. The fourth-order valence-electron chi connectivity index (χ4n) is 2.25. The highest BCUT2D eigenvalue weighted by Gasteiger charge is 2.50. The van der Waals surface area contributed by atoms with Crippen molar-refractivity contribution in [3.63, 3.8) is 0 Å². The van der Waals surface area contributed by atoms with Crippen molar-refractivity contribution in [1.82, 2.24) is 10.3 Å². The summed E-state index contributed by atoms with van der Waals surface area (Å²) in [5.74, 6) is -0.389. The fourth-order valence-corrected chi connectivity index (χ4v) is 3.43. The van der Waals surface area contributed by atoms with Gasteiger partial charge in [-0.2, -0.15) is 0 Å². The Hall–Kier alpha value is -1.86. The van der Waals surface area contributed by atoms with Crippen LogP contribution in [-0.4, -0.2) is 28.5 Å². The Balaban J connectivity index is 2.51. The van der Waals surface area contributed by atoms with Crippen molar-refractivity contribution in [3.8, 4) is 0 Å². The molecule has 0 saturated carbocycles. The molecule has 0 spiro atoms. The molecule has 3 N–H and O–H groups in total. The highest BCUT2D eigenvalue weighted by atomic mass is 32.2. The van der Waals surface area contributed by atoms with E-state index in [1.165, 1.54) is 23.7 Å². The molecule has 1 unspecified atom stereocenters. The zero-order chi connectivity index (χ0) is 17.3. The SMILES string of the molecule is CC(=O)NC1=NN(C(=O)C(C)(C)C)C(CN)(c2ccccc2)S1. The number of benzene rings is 1. The Morgan fingerprint density at radius 2 is 1.91 bits per heavy atom. The van der Waals surface area contributed by atoms with Crippen molar-refractivity contribution < 1.29 is 9.59 Å². The fraction of sp³-hybridized carbons (Fsp3) is 0.438. The molecule has 0 fully saturated rings. The quantitative estimate of drug-likeness (QED) is 0.863. The summed E-state index contributed by atoms with van der Waals surface area (Å²) in [7, 11) is 0. The first kappa shape index (κ1) is 17.5. The first-order valence-electron chi connectivity index (χ1n) is 7.36. The second-order valence-electron chi connectivity index (χ2n) is 6.41. The summed E-state index contributed by atoms with van der Waals surface area (Å²) in [5.41, 5.74) is 6.31. The van der Waals surface area contributed by atoms with Gasteiger partial charge in [0, 0.05) is 18.9 Å². The van der Waals surface area contributed by atoms with E-state index in [2.05, 4.69) is 10.4 Å². The molecule has 23 heavy (non-hydrogen) atoms. The average molecular weight is 334 g/mol. The number of amidine groups is 1. The maximum atomic E-state index is 12.9. The molecule has 1 atom stereocenters. The molecule has 6 nitrogen and oxygen atoms in total. The maximum Gasteiger partial charge on any atom is 0.249 e. The normalized spacial score (nSPS) is 21.1. The largest absolute Gasteiger partial charge is 0.327 e. The minimum absolute atomic E-state index is 0.153. The number of amides is 2. The molecular formula is C16H22N4O2S. The van der Waals surface area contributed by atoms with E-state index >= 15 is 0 Å². The summed E-state index contributed by atoms with van der Waals surface area (Å²) in [6, 6.07) is 9.51. The van der Waals surface area contributed by atoms with Crippen molar-refractivity contribution in [2.24, 2.45) is 16.3 Å². The number of hydrazone groups is 1. The van der Waals surface area contributed by atoms with E-state index in [-0.39, 0.29) is 18.4 Å². The van der Waals surface area contributed by atoms with Gasteiger partial charge >= 0.3 is 0 Å². The smallest absolute Gasteiger partial charge is 0.249 e. The van der Waals surface area contributed by atoms with E-state index in [4.69, 9.17) is 5.73 Å². The van der Waals surface area contributed by atoms with E-state index in [1.807, 2.05) is 51.1 Å². The predicted octanol–water partition coefficient (Wildman–Crippen LogP) is 1.83. The monoisotopic (exact) mass is 334 g/mol. The van der Waals surface area contributed by atoms with Gasteiger partial charge in [0.05, 0.1) is 0 Å². The molecule has 1 aromatic rings. The first-order chi connectivity index (χ1) is 10.7. The molecule has 7 heteroatoms. The second-order valence-corrected chi connectivity index (χ2v) is 7.68. The van der Waals surface area contributed by atoms with Gasteiger partial charge in [-0.3, -0.25) is 9.59 Å². The molecule has 0 aromatic heterocycles. The minimum Gasteiger partial charge on any atom is -0.327 e. The standard InChI is InChI=1S/C16H22N4O2S/c1-11(21)18-14-19-20(13(22)15(2,3)4)16(10-17,23-14)12-8-6-5-7-9-12/h5-9H,10,17H2,1-4H3,(H,18,19,21). The third-order valence-corrected chi connectivity index (χ3v) is 4.71. The Kier molecular flexibility index (Phi) is 4.81. The van der Waals surface area contributed by atoms with Gasteiger partial charge < -0.3 is 11.1 Å². The molecule has 1 aliphatic rings. The number of hydrogen-bond donors (Lipinski definition) is 2. The predicted molar refractivity (Wildman–Crippen MR) is 92.3 cm³/mol. The van der Waals surface area contributed by atoms with Crippen LogP contribution in [0, 0.1) is 5.41 Å². The lowest BCUT2D eigenvalue weighted by atomic mass is 9.93. The second kappa shape index (κ2) is 6.33. The van der Waals surface area contributed by atoms with Gasteiger partial charge in [-0.15, -0.1) is 5.10 Å². The highest BCUT2D eigenvalue weighted by molar-refractivity contribution is 8.14. The lowest BCUT2D eigenvalue weighted by Gasteiger charge is -2.37. The molecule has 124 valence electrons. The van der Waals surface area contributed by atoms with Gasteiger partial charge in [0.15, 0.2) is 10.0 Å². The number of thioether (sulfide) groups is 1. The van der Waals surface area contributed by atoms with Crippen LogP contribution in [-0.2, 0) is 14.5 Å². The van der Waals surface area contributed by atoms with Crippen molar-refractivity contribution >= 4 is 28.7 Å². The van der Waals surface area contributed by atoms with Gasteiger partial charge in [-0.25, -0.2) is 5.01 Å². The van der Waals surface area contributed by atoms with Crippen LogP contribution in [0.15, 0.2) is 35.4 Å². The molecule has 1 aromatic carbocycles. The molecule has 0 aliphatic carbocycles. The van der Waals surface area contributed by atoms with Gasteiger partial charge in [0.25, 0.3) is 0 Å². The van der Waals surface area contributed by atoms with Crippen molar-refractivity contribution in [3.05, 3.63) is 35.9 Å². The van der Waals surface area contributed by atoms with Gasteiger partial charge in [0.1, 0.15) is 0 Å². The van der Waals surface area contributed by atoms with E-state index in [0.29, 0.717) is 5.17 Å². The van der Waals surface area contributed by atoms with Crippen LogP contribution >= 0.6 is 11.8 Å². The molecule has 1 aliphatic heterocycles. The zero-order valence-corrected chi connectivity index (χ0v) is 14.6. The molecule has 2 amide bonds. The van der Waals surface area contributed by atoms with Crippen molar-refractivity contribution in [2.75, 3.05) is 6.54 Å². The zero-order valence-electron chi connectivity index (χ0n) is 13.8. The van der Waals surface area contributed by atoms with Crippen LogP contribution in [0.5, 0.6) is 0 Å². The summed E-state index contributed by atoms with van der Waals surface area (Å²) in [6.45, 7) is 7.08. The van der Waals surface area contributed by atoms with Crippen molar-refractivity contribution in [1.29, 1.82) is 0 Å². The van der Waals surface area contributed by atoms with Crippen LogP contribution in [0.1, 0.15) is 33.3 Å². The molecule has 0 radical (unpaired) electrons. The average Bonchev–Trinajstić information content (AvgIpc) is 2.85. The third-order valence-electron chi connectivity index (χ3n) is 3.42. The van der Waals surface area contributed by atoms with Crippen LogP contribution in [0.2, 0.25) is 0 Å². The summed E-state index contributed by atoms with van der Waals surface area (Å²) in [5, 5.41) is 8.80. The Labute approximate surface area is 140 Å². The lowest BCUT2D eigenvalue weighted by molar-refractivity contribution is -0.143. The summed E-state index contributed by atoms with van der Waals surface area (Å²) in [4.78, 5) is 23.4. The number of carbonyl (C=O) groups is 2. The number of nitrogens with zero attached hydrogens (tertiary/aromatic N) is 2. The Morgan fingerprint density at radius 1 is 1.30 bits per heavy atom. The van der Waals surface area contributed by atoms with Gasteiger partial charge in [0.2, 0.25) is 11.8 Å². The summed E-state index contributed by atoms with van der Waals surface area (Å²) in [6.07, 6.45) is 0. The van der Waals surface area contributed by atoms with Crippen LogP contribution in [0.3, 0.4) is 0 Å². The summed E-state index contributed by atoms with van der Waals surface area (Å²) < 4.78 is 0. The number of nitrogens with two attached hydrogens (primary N) is 1. The summed E-state index contributed by atoms with van der Waals surface area (Å²) >= 11 is 1.29. The molecule has 1 heterocycles. The maximum absolute atomic E-state index is 12.9. The number of nitrogens with one attached hydrogen (secondary N) is 1. The van der Waals surface area contributed by atoms with Crippen LogP contribution in [0.4, 0.5) is 0 Å². The highest BCUT2D eigenvalue weighted by Crippen LogP contribution is 2.46. The van der Waals surface area contributed by atoms with Crippen molar-refractivity contribution in [2.45, 2.75) is 32.6 Å². The topological polar surface area (TPSA) is 87.8 Å². The molecule has 0 saturated heterocycles. The number of rotatable bonds is 2. The molecular weight excluding hydrogens is 312 g/mol.